The van der Waals surface area contributed by atoms with Crippen LogP contribution < -0.4 is 10.9 Å². The van der Waals surface area contributed by atoms with Crippen LogP contribution in [-0.2, 0) is 14.3 Å². The molecule has 1 aliphatic rings. The summed E-state index contributed by atoms with van der Waals surface area (Å²) in [4.78, 5) is 30.9. The molecule has 0 saturated carbocycles. The van der Waals surface area contributed by atoms with E-state index in [-0.39, 0.29) is 16.9 Å². The lowest BCUT2D eigenvalue weighted by molar-refractivity contribution is -0.148. The maximum atomic E-state index is 12.7. The van der Waals surface area contributed by atoms with Crippen LogP contribution in [0.3, 0.4) is 0 Å². The third-order valence-corrected chi connectivity index (χ3v) is 4.43. The van der Waals surface area contributed by atoms with Crippen molar-refractivity contribution in [2.75, 3.05) is 25.6 Å². The van der Waals surface area contributed by atoms with Crippen LogP contribution in [0.15, 0.2) is 47.4 Å². The molecule has 136 valence electrons. The van der Waals surface area contributed by atoms with Gasteiger partial charge in [-0.05, 0) is 17.8 Å². The molecular weight excluding hydrogens is 354 g/mol. The zero-order valence-corrected chi connectivity index (χ0v) is 15.0. The van der Waals surface area contributed by atoms with Crippen molar-refractivity contribution in [1.82, 2.24) is 9.97 Å². The molecule has 2 atom stereocenters. The predicted octanol–water partition coefficient (Wildman–Crippen LogP) is 2.31. The highest BCUT2D eigenvalue weighted by atomic mass is 32.1. The van der Waals surface area contributed by atoms with Crippen molar-refractivity contribution in [1.29, 1.82) is 0 Å². The van der Waals surface area contributed by atoms with Gasteiger partial charge in [-0.25, -0.2) is 0 Å². The van der Waals surface area contributed by atoms with E-state index in [4.69, 9.17) is 21.7 Å². The van der Waals surface area contributed by atoms with Crippen molar-refractivity contribution in [3.63, 3.8) is 0 Å². The number of H-pyrrole nitrogens is 2. The molecule has 2 aromatic rings. The maximum Gasteiger partial charge on any atom is 0.315 e. The summed E-state index contributed by atoms with van der Waals surface area (Å²) < 4.78 is 10.4. The Labute approximate surface area is 155 Å². The zero-order chi connectivity index (χ0) is 18.7. The van der Waals surface area contributed by atoms with Gasteiger partial charge in [0.1, 0.15) is 18.3 Å². The monoisotopic (exact) mass is 373 g/mol. The van der Waals surface area contributed by atoms with E-state index < -0.39 is 17.8 Å². The first kappa shape index (κ1) is 18.1. The minimum atomic E-state index is -0.757. The lowest BCUT2D eigenvalue weighted by Gasteiger charge is -2.33. The van der Waals surface area contributed by atoms with Crippen LogP contribution in [-0.4, -0.2) is 36.3 Å². The van der Waals surface area contributed by atoms with Crippen molar-refractivity contribution in [2.24, 2.45) is 5.92 Å². The van der Waals surface area contributed by atoms with Gasteiger partial charge in [-0.15, -0.1) is 0 Å². The van der Waals surface area contributed by atoms with Crippen molar-refractivity contribution >= 4 is 24.0 Å². The highest BCUT2D eigenvalue weighted by molar-refractivity contribution is 7.71. The number of ether oxygens (including phenoxy) is 2. The summed E-state index contributed by atoms with van der Waals surface area (Å²) in [5.74, 6) is -1.34. The third-order valence-electron chi connectivity index (χ3n) is 4.23. The number of carbonyl (C=O) groups is 1. The topological polar surface area (TPSA) is 96.2 Å². The van der Waals surface area contributed by atoms with E-state index in [1.807, 2.05) is 30.3 Å². The fraction of sp³-hybridized carbons (Fsp3) is 0.278. The van der Waals surface area contributed by atoms with Gasteiger partial charge in [0.25, 0.3) is 5.56 Å². The highest BCUT2D eigenvalue weighted by Crippen LogP contribution is 2.41. The molecule has 0 saturated heterocycles. The molecule has 1 aromatic carbocycles. The number of hydrogen-bond donors (Lipinski definition) is 3. The molecular formula is C18H19N3O4S. The van der Waals surface area contributed by atoms with Gasteiger partial charge in [-0.3, -0.25) is 14.6 Å². The first-order chi connectivity index (χ1) is 12.5. The fourth-order valence-electron chi connectivity index (χ4n) is 3.11. The second kappa shape index (κ2) is 7.67. The number of anilines is 1. The molecule has 0 unspecified atom stereocenters. The molecule has 0 aliphatic carbocycles. The number of benzene rings is 1. The molecule has 0 bridgehead atoms. The van der Waals surface area contributed by atoms with E-state index in [0.29, 0.717) is 23.7 Å². The lowest BCUT2D eigenvalue weighted by Crippen LogP contribution is -2.38. The van der Waals surface area contributed by atoms with E-state index in [2.05, 4.69) is 21.9 Å². The molecule has 8 heteroatoms. The molecule has 3 rings (SSSR count). The minimum Gasteiger partial charge on any atom is -0.463 e. The molecule has 2 heterocycles. The van der Waals surface area contributed by atoms with Crippen LogP contribution in [0.25, 0.3) is 0 Å². The number of aromatic amines is 2. The first-order valence-corrected chi connectivity index (χ1v) is 8.46. The Kier molecular flexibility index (Phi) is 5.34. The summed E-state index contributed by atoms with van der Waals surface area (Å²) in [6.45, 7) is 4.39. The molecule has 1 aliphatic heterocycles. The number of fused-ring (bicyclic) bond motifs is 1. The van der Waals surface area contributed by atoms with E-state index in [1.54, 1.807) is 0 Å². The van der Waals surface area contributed by atoms with Crippen molar-refractivity contribution in [3.05, 3.63) is 68.9 Å². The maximum absolute atomic E-state index is 12.7. The first-order valence-electron chi connectivity index (χ1n) is 8.05. The molecule has 1 aromatic heterocycles. The van der Waals surface area contributed by atoms with E-state index in [1.165, 1.54) is 7.11 Å². The van der Waals surface area contributed by atoms with Gasteiger partial charge in [-0.2, -0.15) is 0 Å². The number of nitrogens with one attached hydrogen (secondary N) is 3. The molecule has 0 amide bonds. The molecule has 0 fully saturated rings. The molecule has 3 N–H and O–H groups in total. The molecule has 7 nitrogen and oxygen atoms in total. The van der Waals surface area contributed by atoms with Gasteiger partial charge in [-0.1, -0.05) is 36.9 Å². The lowest BCUT2D eigenvalue weighted by atomic mass is 9.77. The Hall–Kier alpha value is -2.71. The zero-order valence-electron chi connectivity index (χ0n) is 14.2. The fourth-order valence-corrected chi connectivity index (χ4v) is 3.31. The van der Waals surface area contributed by atoms with Crippen LogP contribution in [0.2, 0.25) is 0 Å². The quantitative estimate of drug-likeness (QED) is 0.423. The molecule has 26 heavy (non-hydrogen) atoms. The van der Waals surface area contributed by atoms with Crippen molar-refractivity contribution in [2.45, 2.75) is 5.92 Å². The van der Waals surface area contributed by atoms with Gasteiger partial charge < -0.3 is 19.8 Å². The van der Waals surface area contributed by atoms with E-state index in [9.17, 15) is 9.59 Å². The van der Waals surface area contributed by atoms with Gasteiger partial charge in [0.2, 0.25) is 0 Å². The Bertz CT molecular complexity index is 935. The number of aromatic nitrogens is 2. The second-order valence-electron chi connectivity index (χ2n) is 5.87. The summed E-state index contributed by atoms with van der Waals surface area (Å²) in [5, 5.41) is 2.99. The van der Waals surface area contributed by atoms with Crippen LogP contribution in [0, 0.1) is 10.7 Å². The summed E-state index contributed by atoms with van der Waals surface area (Å²) >= 11 is 5.04. The second-order valence-corrected chi connectivity index (χ2v) is 6.28. The number of carbonyl (C=O) groups excluding carboxylic acids is 1. The van der Waals surface area contributed by atoms with Gasteiger partial charge in [0, 0.05) is 18.7 Å². The van der Waals surface area contributed by atoms with E-state index >= 15 is 0 Å². The average Bonchev–Trinajstić information content (AvgIpc) is 2.61. The van der Waals surface area contributed by atoms with Crippen molar-refractivity contribution < 1.29 is 14.3 Å². The average molecular weight is 373 g/mol. The normalized spacial score (nSPS) is 18.7. The summed E-state index contributed by atoms with van der Waals surface area (Å²) in [6, 6.07) is 9.31. The van der Waals surface area contributed by atoms with Gasteiger partial charge in [0.05, 0.1) is 12.2 Å². The van der Waals surface area contributed by atoms with E-state index in [0.717, 1.165) is 5.56 Å². The summed E-state index contributed by atoms with van der Waals surface area (Å²) in [6.07, 6.45) is 0. The number of methoxy groups -OCH3 is 1. The number of esters is 1. The van der Waals surface area contributed by atoms with Crippen LogP contribution in [0.5, 0.6) is 0 Å². The Morgan fingerprint density at radius 1 is 1.23 bits per heavy atom. The summed E-state index contributed by atoms with van der Waals surface area (Å²) in [7, 11) is 1.53. The third kappa shape index (κ3) is 3.47. The number of hydrogen-bond acceptors (Lipinski definition) is 6. The molecule has 0 spiro atoms. The van der Waals surface area contributed by atoms with Crippen LogP contribution in [0.4, 0.5) is 5.82 Å². The standard InChI is InChI=1S/C18H19N3O4S/c1-10-12(17(23)25-9-8-24-2)13(11-6-4-3-5-7-11)14-15(19-10)20-18(26)21-16(14)22/h3-7,12-13H,1,8-9H2,2H3,(H3,19,20,21,22,26)/t12-,13+/m1/s1. The SMILES string of the molecule is C=C1Nc2[nH]c(=S)[nH]c(=O)c2[C@@H](c2ccccc2)[C@@H]1C(=O)OCCOC. The summed E-state index contributed by atoms with van der Waals surface area (Å²) in [5.41, 5.74) is 1.28. The highest BCUT2D eigenvalue weighted by Gasteiger charge is 2.41. The van der Waals surface area contributed by atoms with Gasteiger partial charge >= 0.3 is 5.97 Å². The Balaban J connectivity index is 2.11. The Morgan fingerprint density at radius 3 is 2.65 bits per heavy atom. The molecule has 0 radical (unpaired) electrons. The van der Waals surface area contributed by atoms with Crippen molar-refractivity contribution in [3.8, 4) is 0 Å². The van der Waals surface area contributed by atoms with Crippen LogP contribution >= 0.6 is 12.2 Å². The van der Waals surface area contributed by atoms with Crippen LogP contribution in [0.1, 0.15) is 17.0 Å². The Morgan fingerprint density at radius 2 is 1.96 bits per heavy atom. The smallest absolute Gasteiger partial charge is 0.315 e. The number of rotatable bonds is 5. The predicted molar refractivity (Wildman–Crippen MR) is 99.6 cm³/mol. The largest absolute Gasteiger partial charge is 0.463 e. The minimum absolute atomic E-state index is 0.126. The van der Waals surface area contributed by atoms with Gasteiger partial charge in [0.15, 0.2) is 4.77 Å².